The van der Waals surface area contributed by atoms with E-state index in [1.807, 2.05) is 37.5 Å². The monoisotopic (exact) mass is 460 g/mol. The number of nitrogens with zero attached hydrogens (tertiary/aromatic N) is 4. The highest BCUT2D eigenvalue weighted by atomic mass is 35.5. The molecule has 1 aromatic carbocycles. The van der Waals surface area contributed by atoms with Crippen LogP contribution in [0.1, 0.15) is 0 Å². The summed E-state index contributed by atoms with van der Waals surface area (Å²) < 4.78 is 2.10. The number of hydrogen-bond donors (Lipinski definition) is 0. The number of aromatic nitrogens is 4. The summed E-state index contributed by atoms with van der Waals surface area (Å²) in [7, 11) is 2.02. The zero-order valence-corrected chi connectivity index (χ0v) is 19.0. The van der Waals surface area contributed by atoms with E-state index in [1.165, 1.54) is 11.1 Å². The van der Waals surface area contributed by atoms with Gasteiger partial charge >= 0.3 is 0 Å². The van der Waals surface area contributed by atoms with Gasteiger partial charge in [-0.25, -0.2) is 9.97 Å². The molecule has 0 fully saturated rings. The van der Waals surface area contributed by atoms with Crippen LogP contribution in [0.3, 0.4) is 0 Å². The van der Waals surface area contributed by atoms with Gasteiger partial charge in [0.15, 0.2) is 0 Å². The average Bonchev–Trinajstić information content (AvgIpc) is 3.45. The molecule has 31 heavy (non-hydrogen) atoms. The number of benzene rings is 1. The van der Waals surface area contributed by atoms with E-state index in [2.05, 4.69) is 55.6 Å². The van der Waals surface area contributed by atoms with E-state index in [0.717, 1.165) is 32.7 Å². The maximum atomic E-state index is 6.02. The minimum Gasteiger partial charge on any atom is -0.321 e. The Kier molecular flexibility index (Phi) is 5.59. The van der Waals surface area contributed by atoms with Gasteiger partial charge in [0, 0.05) is 36.8 Å². The zero-order valence-electron chi connectivity index (χ0n) is 16.6. The van der Waals surface area contributed by atoms with Crippen LogP contribution in [0.15, 0.2) is 94.0 Å². The summed E-state index contributed by atoms with van der Waals surface area (Å²) in [4.78, 5) is 13.7. The Morgan fingerprint density at radius 2 is 1.74 bits per heavy atom. The lowest BCUT2D eigenvalue weighted by atomic mass is 10.1. The molecule has 0 N–H and O–H groups in total. The highest BCUT2D eigenvalue weighted by molar-refractivity contribution is 7.99. The van der Waals surface area contributed by atoms with Crippen molar-refractivity contribution in [1.82, 2.24) is 19.5 Å². The zero-order chi connectivity index (χ0) is 21.2. The third-order valence-electron chi connectivity index (χ3n) is 4.88. The summed E-state index contributed by atoms with van der Waals surface area (Å²) in [6.45, 7) is 0. The predicted octanol–water partition coefficient (Wildman–Crippen LogP) is 7.08. The summed E-state index contributed by atoms with van der Waals surface area (Å²) in [5.74, 6) is 0.862. The fraction of sp³-hybridized carbons (Fsp3) is 0.0417. The molecule has 0 amide bonds. The quantitative estimate of drug-likeness (QED) is 0.281. The third kappa shape index (κ3) is 4.14. The molecule has 4 aromatic heterocycles. The lowest BCUT2D eigenvalue weighted by Crippen LogP contribution is -1.95. The highest BCUT2D eigenvalue weighted by Gasteiger charge is 2.19. The maximum absolute atomic E-state index is 6.02. The molecule has 0 aliphatic heterocycles. The molecule has 4 heterocycles. The van der Waals surface area contributed by atoms with Gasteiger partial charge in [0.2, 0.25) is 0 Å². The second-order valence-corrected chi connectivity index (χ2v) is 9.12. The van der Waals surface area contributed by atoms with Gasteiger partial charge in [-0.2, -0.15) is 11.3 Å². The van der Waals surface area contributed by atoms with Gasteiger partial charge < -0.3 is 4.57 Å². The molecule has 5 rings (SSSR count). The van der Waals surface area contributed by atoms with Gasteiger partial charge in [0.05, 0.1) is 5.02 Å². The first-order valence-electron chi connectivity index (χ1n) is 9.58. The van der Waals surface area contributed by atoms with Crippen LogP contribution in [0, 0.1) is 0 Å². The van der Waals surface area contributed by atoms with E-state index < -0.39 is 0 Å². The van der Waals surface area contributed by atoms with Crippen molar-refractivity contribution < 1.29 is 0 Å². The molecule has 5 aromatic rings. The number of halogens is 1. The first kappa shape index (κ1) is 20.0. The number of imidazole rings is 1. The van der Waals surface area contributed by atoms with Crippen LogP contribution in [-0.4, -0.2) is 19.5 Å². The molecule has 0 unspecified atom stereocenters. The molecule has 0 saturated heterocycles. The molecule has 0 saturated carbocycles. The SMILES string of the molecule is Cn1c(-c2cccnc2)nc(-c2ccc(-c3ccsc3)cc2)c1Sc1ccc(Cl)cn1. The largest absolute Gasteiger partial charge is 0.321 e. The van der Waals surface area contributed by atoms with Crippen molar-refractivity contribution in [3.05, 3.63) is 89.0 Å². The third-order valence-corrected chi connectivity index (χ3v) is 6.89. The van der Waals surface area contributed by atoms with Crippen molar-refractivity contribution >= 4 is 34.7 Å². The summed E-state index contributed by atoms with van der Waals surface area (Å²) in [6.07, 6.45) is 5.27. The Labute approximate surface area is 193 Å². The number of rotatable bonds is 5. The Morgan fingerprint density at radius 3 is 2.42 bits per heavy atom. The Morgan fingerprint density at radius 1 is 0.903 bits per heavy atom. The molecule has 0 radical (unpaired) electrons. The standard InChI is InChI=1S/C24H17ClN4S2/c1-29-23(18-3-2-11-26-13-18)28-22(24(29)31-21-9-8-20(25)14-27-21)17-6-4-16(5-7-17)19-10-12-30-15-19/h2-15H,1H3. The molecule has 152 valence electrons. The predicted molar refractivity (Wildman–Crippen MR) is 129 cm³/mol. The van der Waals surface area contributed by atoms with E-state index in [-0.39, 0.29) is 0 Å². The molecule has 0 aliphatic carbocycles. The molecular formula is C24H17ClN4S2. The van der Waals surface area contributed by atoms with Gasteiger partial charge in [-0.15, -0.1) is 0 Å². The second kappa shape index (κ2) is 8.67. The van der Waals surface area contributed by atoms with E-state index >= 15 is 0 Å². The van der Waals surface area contributed by atoms with Crippen molar-refractivity contribution in [2.45, 2.75) is 10.1 Å². The van der Waals surface area contributed by atoms with Crippen molar-refractivity contribution in [2.75, 3.05) is 0 Å². The van der Waals surface area contributed by atoms with Gasteiger partial charge in [0.25, 0.3) is 0 Å². The number of hydrogen-bond acceptors (Lipinski definition) is 5. The molecule has 4 nitrogen and oxygen atoms in total. The smallest absolute Gasteiger partial charge is 0.142 e. The van der Waals surface area contributed by atoms with E-state index in [4.69, 9.17) is 16.6 Å². The van der Waals surface area contributed by atoms with Crippen LogP contribution in [0.2, 0.25) is 5.02 Å². The fourth-order valence-electron chi connectivity index (χ4n) is 3.31. The van der Waals surface area contributed by atoms with Gasteiger partial charge in [0.1, 0.15) is 21.6 Å². The van der Waals surface area contributed by atoms with Crippen molar-refractivity contribution in [3.63, 3.8) is 0 Å². The van der Waals surface area contributed by atoms with E-state index in [0.29, 0.717) is 5.02 Å². The maximum Gasteiger partial charge on any atom is 0.142 e. The van der Waals surface area contributed by atoms with Gasteiger partial charge in [-0.3, -0.25) is 4.98 Å². The fourth-order valence-corrected chi connectivity index (χ4v) is 5.01. The van der Waals surface area contributed by atoms with Crippen molar-refractivity contribution in [3.8, 4) is 33.8 Å². The molecular weight excluding hydrogens is 444 g/mol. The normalized spacial score (nSPS) is 11.0. The van der Waals surface area contributed by atoms with Crippen molar-refractivity contribution in [2.24, 2.45) is 7.05 Å². The van der Waals surface area contributed by atoms with Gasteiger partial charge in [-0.05, 0) is 64.0 Å². The topological polar surface area (TPSA) is 43.6 Å². The molecule has 7 heteroatoms. The number of thiophene rings is 1. The lowest BCUT2D eigenvalue weighted by Gasteiger charge is -2.07. The van der Waals surface area contributed by atoms with Crippen LogP contribution >= 0.6 is 34.7 Å². The summed E-state index contributed by atoms with van der Waals surface area (Å²) in [5, 5.41) is 6.74. The van der Waals surface area contributed by atoms with Crippen LogP contribution in [0.25, 0.3) is 33.8 Å². The highest BCUT2D eigenvalue weighted by Crippen LogP contribution is 2.38. The average molecular weight is 461 g/mol. The summed E-state index contributed by atoms with van der Waals surface area (Å²) in [6, 6.07) is 18.4. The Bertz CT molecular complexity index is 1300. The van der Waals surface area contributed by atoms with Crippen LogP contribution in [0.4, 0.5) is 0 Å². The van der Waals surface area contributed by atoms with Crippen LogP contribution in [0.5, 0.6) is 0 Å². The van der Waals surface area contributed by atoms with E-state index in [9.17, 15) is 0 Å². The molecule has 0 bridgehead atoms. The lowest BCUT2D eigenvalue weighted by molar-refractivity contribution is 0.833. The minimum absolute atomic E-state index is 0.620. The minimum atomic E-state index is 0.620. The number of pyridine rings is 2. The molecule has 0 aliphatic rings. The summed E-state index contributed by atoms with van der Waals surface area (Å²) >= 11 is 9.29. The second-order valence-electron chi connectivity index (χ2n) is 6.90. The van der Waals surface area contributed by atoms with Crippen molar-refractivity contribution in [1.29, 1.82) is 0 Å². The first-order valence-corrected chi connectivity index (χ1v) is 11.7. The van der Waals surface area contributed by atoms with E-state index in [1.54, 1.807) is 35.5 Å². The molecule has 0 atom stereocenters. The summed E-state index contributed by atoms with van der Waals surface area (Å²) in [5.41, 5.74) is 5.37. The first-order chi connectivity index (χ1) is 15.2. The van der Waals surface area contributed by atoms with Crippen LogP contribution < -0.4 is 0 Å². The van der Waals surface area contributed by atoms with Gasteiger partial charge in [-0.1, -0.05) is 35.9 Å². The van der Waals surface area contributed by atoms with Crippen LogP contribution in [-0.2, 0) is 7.05 Å². The Hall–Kier alpha value is -2.93. The molecule has 0 spiro atoms. The Balaban J connectivity index is 1.60.